The topological polar surface area (TPSA) is 49.9 Å². The van der Waals surface area contributed by atoms with Crippen molar-refractivity contribution in [2.75, 3.05) is 32.5 Å². The molecule has 152 valence electrons. The van der Waals surface area contributed by atoms with Gasteiger partial charge in [-0.1, -0.05) is 6.07 Å². The van der Waals surface area contributed by atoms with E-state index in [4.69, 9.17) is 4.74 Å². The number of ether oxygens (including phenoxy) is 1. The van der Waals surface area contributed by atoms with Crippen LogP contribution in [0.3, 0.4) is 0 Å². The first-order valence-electron chi connectivity index (χ1n) is 10.1. The summed E-state index contributed by atoms with van der Waals surface area (Å²) in [6, 6.07) is 6.09. The minimum Gasteiger partial charge on any atom is -0.494 e. The molecule has 1 aromatic carbocycles. The normalized spacial score (nSPS) is 20.4. The molecule has 0 aliphatic carbocycles. The molecule has 0 N–H and O–H groups in total. The molecule has 2 aliphatic rings. The zero-order chi connectivity index (χ0) is 19.7. The summed E-state index contributed by atoms with van der Waals surface area (Å²) in [7, 11) is -3.12. The molecule has 2 aliphatic heterocycles. The summed E-state index contributed by atoms with van der Waals surface area (Å²) >= 11 is 0. The van der Waals surface area contributed by atoms with E-state index in [1.54, 1.807) is 4.31 Å². The fourth-order valence-corrected chi connectivity index (χ4v) is 4.91. The molecule has 0 bridgehead atoms. The highest BCUT2D eigenvalue weighted by atomic mass is 32.2. The Morgan fingerprint density at radius 2 is 1.81 bits per heavy atom. The van der Waals surface area contributed by atoms with Gasteiger partial charge in [-0.15, -0.1) is 0 Å². The van der Waals surface area contributed by atoms with Crippen LogP contribution >= 0.6 is 0 Å². The first kappa shape index (κ1) is 20.6. The van der Waals surface area contributed by atoms with Crippen LogP contribution in [0.15, 0.2) is 18.2 Å². The molecule has 3 rings (SSSR count). The summed E-state index contributed by atoms with van der Waals surface area (Å²) in [5.41, 5.74) is 2.58. The molecule has 2 heterocycles. The molecule has 0 amide bonds. The summed E-state index contributed by atoms with van der Waals surface area (Å²) in [6.07, 6.45) is 5.65. The molecular formula is C21H34N2O3S. The van der Waals surface area contributed by atoms with Crippen molar-refractivity contribution >= 4 is 10.0 Å². The van der Waals surface area contributed by atoms with E-state index in [1.165, 1.54) is 37.8 Å². The minimum atomic E-state index is -3.12. The molecule has 0 atom stereocenters. The van der Waals surface area contributed by atoms with Crippen molar-refractivity contribution in [2.45, 2.75) is 58.5 Å². The first-order valence-corrected chi connectivity index (χ1v) is 11.9. The summed E-state index contributed by atoms with van der Waals surface area (Å²) in [5, 5.41) is 0. The third-order valence-electron chi connectivity index (χ3n) is 5.98. The van der Waals surface area contributed by atoms with Crippen molar-refractivity contribution in [2.24, 2.45) is 5.92 Å². The number of benzene rings is 1. The lowest BCUT2D eigenvalue weighted by molar-refractivity contribution is 0.0811. The van der Waals surface area contributed by atoms with Gasteiger partial charge in [0.05, 0.1) is 12.9 Å². The van der Waals surface area contributed by atoms with Crippen LogP contribution in [0.5, 0.6) is 5.75 Å². The average Bonchev–Trinajstić information content (AvgIpc) is 2.60. The quantitative estimate of drug-likeness (QED) is 0.769. The Morgan fingerprint density at radius 1 is 1.11 bits per heavy atom. The smallest absolute Gasteiger partial charge is 0.211 e. The van der Waals surface area contributed by atoms with Gasteiger partial charge in [-0.2, -0.15) is 4.31 Å². The summed E-state index contributed by atoms with van der Waals surface area (Å²) in [6.45, 7) is 11.0. The van der Waals surface area contributed by atoms with Gasteiger partial charge in [0.1, 0.15) is 5.75 Å². The van der Waals surface area contributed by atoms with Gasteiger partial charge in [0.2, 0.25) is 10.0 Å². The van der Waals surface area contributed by atoms with Gasteiger partial charge in [-0.3, -0.25) is 4.90 Å². The number of fused-ring (bicyclic) bond motifs is 1. The Balaban J connectivity index is 1.46. The van der Waals surface area contributed by atoms with E-state index in [-0.39, 0.29) is 5.54 Å². The molecule has 0 spiro atoms. The Morgan fingerprint density at radius 3 is 2.44 bits per heavy atom. The lowest BCUT2D eigenvalue weighted by Gasteiger charge is -2.40. The second kappa shape index (κ2) is 8.10. The lowest BCUT2D eigenvalue weighted by Crippen LogP contribution is -2.46. The van der Waals surface area contributed by atoms with E-state index in [0.29, 0.717) is 13.1 Å². The van der Waals surface area contributed by atoms with E-state index in [0.717, 1.165) is 36.7 Å². The van der Waals surface area contributed by atoms with Crippen LogP contribution in [0.4, 0.5) is 0 Å². The van der Waals surface area contributed by atoms with Crippen molar-refractivity contribution in [3.63, 3.8) is 0 Å². The maximum absolute atomic E-state index is 11.7. The predicted molar refractivity (Wildman–Crippen MR) is 110 cm³/mol. The zero-order valence-corrected chi connectivity index (χ0v) is 18.0. The van der Waals surface area contributed by atoms with Crippen LogP contribution in [0, 0.1) is 5.92 Å². The molecule has 0 aromatic heterocycles. The predicted octanol–water partition coefficient (Wildman–Crippen LogP) is 3.28. The monoisotopic (exact) mass is 394 g/mol. The second-order valence-corrected chi connectivity index (χ2v) is 11.0. The van der Waals surface area contributed by atoms with E-state index in [9.17, 15) is 8.42 Å². The first-order chi connectivity index (χ1) is 12.6. The van der Waals surface area contributed by atoms with Crippen LogP contribution in [0.2, 0.25) is 0 Å². The van der Waals surface area contributed by atoms with Crippen LogP contribution in [-0.2, 0) is 23.0 Å². The summed E-state index contributed by atoms with van der Waals surface area (Å²) in [4.78, 5) is 2.58. The van der Waals surface area contributed by atoms with Gasteiger partial charge >= 0.3 is 0 Å². The van der Waals surface area contributed by atoms with E-state index >= 15 is 0 Å². The maximum Gasteiger partial charge on any atom is 0.211 e. The molecule has 6 heteroatoms. The molecule has 0 radical (unpaired) electrons. The van der Waals surface area contributed by atoms with Crippen LogP contribution in [-0.4, -0.2) is 55.7 Å². The molecule has 1 fully saturated rings. The molecular weight excluding hydrogens is 360 g/mol. The number of hydrogen-bond donors (Lipinski definition) is 0. The van der Waals surface area contributed by atoms with Crippen LogP contribution in [0.1, 0.15) is 51.2 Å². The average molecular weight is 395 g/mol. The van der Waals surface area contributed by atoms with Gasteiger partial charge in [0.15, 0.2) is 0 Å². The highest BCUT2D eigenvalue weighted by Gasteiger charge is 2.27. The molecule has 1 aromatic rings. The highest BCUT2D eigenvalue weighted by Crippen LogP contribution is 2.27. The Bertz CT molecular complexity index is 747. The second-order valence-electron chi connectivity index (χ2n) is 9.02. The van der Waals surface area contributed by atoms with Gasteiger partial charge in [0, 0.05) is 18.6 Å². The molecule has 0 saturated carbocycles. The number of piperidine rings is 1. The molecule has 5 nitrogen and oxygen atoms in total. The van der Waals surface area contributed by atoms with Crippen LogP contribution < -0.4 is 4.74 Å². The Labute approximate surface area is 164 Å². The largest absolute Gasteiger partial charge is 0.494 e. The lowest BCUT2D eigenvalue weighted by atomic mass is 9.91. The van der Waals surface area contributed by atoms with E-state index in [1.807, 2.05) is 12.1 Å². The standard InChI is InChI=1S/C21H34N2O3S/c1-21(2,3)22-11-7-17(8-12-22)10-14-26-20-6-5-19-16-23(27(4,24)25)13-9-18(19)15-20/h5-6,15,17H,7-14,16H2,1-4H3. The van der Waals surface area contributed by atoms with E-state index in [2.05, 4.69) is 31.7 Å². The number of likely N-dealkylation sites (tertiary alicyclic amines) is 1. The van der Waals surface area contributed by atoms with Crippen molar-refractivity contribution in [1.29, 1.82) is 0 Å². The molecule has 1 saturated heterocycles. The summed E-state index contributed by atoms with van der Waals surface area (Å²) < 4.78 is 31.0. The van der Waals surface area contributed by atoms with E-state index < -0.39 is 10.0 Å². The number of sulfonamides is 1. The molecule has 27 heavy (non-hydrogen) atoms. The Kier molecular flexibility index (Phi) is 6.18. The SMILES string of the molecule is CC(C)(C)N1CCC(CCOc2ccc3c(c2)CCN(S(C)(=O)=O)C3)CC1. The Hall–Kier alpha value is -1.11. The van der Waals surface area contributed by atoms with Gasteiger partial charge in [0.25, 0.3) is 0 Å². The number of hydrogen-bond acceptors (Lipinski definition) is 4. The van der Waals surface area contributed by atoms with Crippen LogP contribution in [0.25, 0.3) is 0 Å². The fourth-order valence-electron chi connectivity index (χ4n) is 4.11. The third-order valence-corrected chi connectivity index (χ3v) is 7.23. The molecule has 0 unspecified atom stereocenters. The van der Waals surface area contributed by atoms with Crippen molar-refractivity contribution in [1.82, 2.24) is 9.21 Å². The maximum atomic E-state index is 11.7. The van der Waals surface area contributed by atoms with Crippen molar-refractivity contribution in [3.8, 4) is 5.75 Å². The van der Waals surface area contributed by atoms with Gasteiger partial charge in [-0.05, 0) is 88.7 Å². The highest BCUT2D eigenvalue weighted by molar-refractivity contribution is 7.88. The van der Waals surface area contributed by atoms with Gasteiger partial charge in [-0.25, -0.2) is 8.42 Å². The summed E-state index contributed by atoms with van der Waals surface area (Å²) in [5.74, 6) is 1.67. The minimum absolute atomic E-state index is 0.275. The fraction of sp³-hybridized carbons (Fsp3) is 0.714. The van der Waals surface area contributed by atoms with Crippen molar-refractivity contribution < 1.29 is 13.2 Å². The zero-order valence-electron chi connectivity index (χ0n) is 17.2. The van der Waals surface area contributed by atoms with Gasteiger partial charge < -0.3 is 4.74 Å². The number of nitrogens with zero attached hydrogens (tertiary/aromatic N) is 2. The number of rotatable bonds is 5. The van der Waals surface area contributed by atoms with Crippen molar-refractivity contribution in [3.05, 3.63) is 29.3 Å². The third kappa shape index (κ3) is 5.46.